The topological polar surface area (TPSA) is 75.7 Å². The Kier molecular flexibility index (Phi) is 7.05. The summed E-state index contributed by atoms with van der Waals surface area (Å²) in [5, 5.41) is 2.69. The molecule has 2 rings (SSSR count). The lowest BCUT2D eigenvalue weighted by atomic mass is 10.3. The van der Waals surface area contributed by atoms with Gasteiger partial charge in [0.2, 0.25) is 15.9 Å². The third-order valence-corrected chi connectivity index (χ3v) is 5.03. The fourth-order valence-corrected chi connectivity index (χ4v) is 3.48. The Morgan fingerprint density at radius 1 is 1.19 bits per heavy atom. The number of rotatable bonds is 8. The molecule has 0 aromatic heterocycles. The molecule has 0 saturated carbocycles. The Hall–Kier alpha value is -2.06. The van der Waals surface area contributed by atoms with Crippen LogP contribution in [-0.4, -0.2) is 33.7 Å². The van der Waals surface area contributed by atoms with Gasteiger partial charge < -0.3 is 10.1 Å². The number of hydrogen-bond donors (Lipinski definition) is 1. The van der Waals surface area contributed by atoms with Gasteiger partial charge in [0, 0.05) is 10.2 Å². The molecule has 2 aromatic carbocycles. The second-order valence-corrected chi connectivity index (χ2v) is 8.49. The summed E-state index contributed by atoms with van der Waals surface area (Å²) in [6.07, 6.45) is 1.95. The minimum Gasteiger partial charge on any atom is -0.494 e. The molecule has 0 heterocycles. The zero-order valence-corrected chi connectivity index (χ0v) is 17.0. The predicted molar refractivity (Wildman–Crippen MR) is 107 cm³/mol. The van der Waals surface area contributed by atoms with E-state index in [1.54, 1.807) is 42.5 Å². The van der Waals surface area contributed by atoms with Crippen molar-refractivity contribution in [2.75, 3.05) is 29.0 Å². The van der Waals surface area contributed by atoms with Gasteiger partial charge in [0.05, 0.1) is 18.6 Å². The normalized spacial score (nSPS) is 11.0. The molecule has 1 amide bonds. The predicted octanol–water partition coefficient (Wildman–Crippen LogP) is 3.64. The zero-order chi connectivity index (χ0) is 19.2. The summed E-state index contributed by atoms with van der Waals surface area (Å²) in [5.41, 5.74) is 0.988. The summed E-state index contributed by atoms with van der Waals surface area (Å²) in [4.78, 5) is 12.3. The van der Waals surface area contributed by atoms with E-state index in [-0.39, 0.29) is 6.54 Å². The second-order valence-electron chi connectivity index (χ2n) is 5.67. The van der Waals surface area contributed by atoms with Crippen molar-refractivity contribution < 1.29 is 17.9 Å². The van der Waals surface area contributed by atoms with Gasteiger partial charge in [-0.15, -0.1) is 0 Å². The molecule has 8 heteroatoms. The number of sulfonamides is 1. The molecule has 0 saturated heterocycles. The summed E-state index contributed by atoms with van der Waals surface area (Å²) in [5.74, 6) is 0.225. The van der Waals surface area contributed by atoms with Crippen LogP contribution in [0.2, 0.25) is 0 Å². The van der Waals surface area contributed by atoms with Crippen molar-refractivity contribution in [3.05, 3.63) is 53.0 Å². The van der Waals surface area contributed by atoms with Gasteiger partial charge in [-0.25, -0.2) is 8.42 Å². The van der Waals surface area contributed by atoms with Gasteiger partial charge >= 0.3 is 0 Å². The van der Waals surface area contributed by atoms with Crippen molar-refractivity contribution in [1.29, 1.82) is 0 Å². The van der Waals surface area contributed by atoms with Crippen LogP contribution in [0.15, 0.2) is 53.0 Å². The van der Waals surface area contributed by atoms with E-state index in [1.165, 1.54) is 0 Å². The first-order valence-electron chi connectivity index (χ1n) is 8.05. The molecule has 140 valence electrons. The van der Waals surface area contributed by atoms with E-state index in [1.807, 2.05) is 13.0 Å². The van der Waals surface area contributed by atoms with E-state index in [9.17, 15) is 13.2 Å². The third kappa shape index (κ3) is 6.03. The molecule has 0 aliphatic carbocycles. The molecule has 0 fully saturated rings. The van der Waals surface area contributed by atoms with Crippen LogP contribution in [0.5, 0.6) is 5.75 Å². The molecule has 1 N–H and O–H groups in total. The summed E-state index contributed by atoms with van der Waals surface area (Å²) in [6, 6.07) is 13.7. The van der Waals surface area contributed by atoms with Crippen LogP contribution < -0.4 is 14.4 Å². The molecule has 0 aliphatic rings. The Balaban J connectivity index is 2.13. The van der Waals surface area contributed by atoms with Crippen LogP contribution in [0.1, 0.15) is 13.3 Å². The Morgan fingerprint density at radius 3 is 2.46 bits per heavy atom. The van der Waals surface area contributed by atoms with E-state index in [2.05, 4.69) is 21.2 Å². The number of anilines is 2. The van der Waals surface area contributed by atoms with Crippen molar-refractivity contribution in [3.8, 4) is 5.75 Å². The van der Waals surface area contributed by atoms with E-state index in [0.717, 1.165) is 21.5 Å². The highest BCUT2D eigenvalue weighted by molar-refractivity contribution is 9.10. The highest BCUT2D eigenvalue weighted by atomic mass is 79.9. The van der Waals surface area contributed by atoms with Crippen molar-refractivity contribution in [2.45, 2.75) is 13.3 Å². The number of carbonyl (C=O) groups is 1. The smallest absolute Gasteiger partial charge is 0.245 e. The summed E-state index contributed by atoms with van der Waals surface area (Å²) in [7, 11) is -3.62. The molecule has 0 bridgehead atoms. The summed E-state index contributed by atoms with van der Waals surface area (Å²) in [6.45, 7) is 2.27. The number of hydrogen-bond acceptors (Lipinski definition) is 4. The molecule has 0 unspecified atom stereocenters. The van der Waals surface area contributed by atoms with Gasteiger partial charge in [-0.05, 0) is 48.9 Å². The quantitative estimate of drug-likeness (QED) is 0.679. The maximum atomic E-state index is 12.3. The van der Waals surface area contributed by atoms with E-state index in [0.29, 0.717) is 23.7 Å². The Labute approximate surface area is 162 Å². The van der Waals surface area contributed by atoms with Crippen molar-refractivity contribution in [1.82, 2.24) is 0 Å². The zero-order valence-electron chi connectivity index (χ0n) is 14.6. The lowest BCUT2D eigenvalue weighted by molar-refractivity contribution is -0.114. The molecule has 0 radical (unpaired) electrons. The van der Waals surface area contributed by atoms with Gasteiger partial charge in [-0.2, -0.15) is 0 Å². The Morgan fingerprint density at radius 2 is 1.88 bits per heavy atom. The number of ether oxygens (including phenoxy) is 1. The summed E-state index contributed by atoms with van der Waals surface area (Å²) < 4.78 is 31.6. The fourth-order valence-electron chi connectivity index (χ4n) is 2.23. The molecular weight excluding hydrogens is 420 g/mol. The van der Waals surface area contributed by atoms with Crippen molar-refractivity contribution in [2.24, 2.45) is 0 Å². The van der Waals surface area contributed by atoms with E-state index in [4.69, 9.17) is 4.74 Å². The van der Waals surface area contributed by atoms with Gasteiger partial charge in [-0.3, -0.25) is 9.10 Å². The first-order valence-corrected chi connectivity index (χ1v) is 10.7. The Bertz CT molecular complexity index is 854. The van der Waals surface area contributed by atoms with Crippen LogP contribution in [-0.2, 0) is 14.8 Å². The molecule has 0 aliphatic heterocycles. The third-order valence-electron chi connectivity index (χ3n) is 3.39. The number of benzene rings is 2. The van der Waals surface area contributed by atoms with Crippen LogP contribution in [0.4, 0.5) is 11.4 Å². The average molecular weight is 441 g/mol. The minimum atomic E-state index is -3.62. The molecular formula is C18H21BrN2O4S. The number of nitrogens with zero attached hydrogens (tertiary/aromatic N) is 1. The molecule has 0 spiro atoms. The van der Waals surface area contributed by atoms with Gasteiger partial charge in [0.25, 0.3) is 0 Å². The highest BCUT2D eigenvalue weighted by Gasteiger charge is 2.21. The lowest BCUT2D eigenvalue weighted by Gasteiger charge is -2.22. The van der Waals surface area contributed by atoms with Crippen LogP contribution >= 0.6 is 15.9 Å². The lowest BCUT2D eigenvalue weighted by Crippen LogP contribution is -2.37. The summed E-state index contributed by atoms with van der Waals surface area (Å²) >= 11 is 3.33. The minimum absolute atomic E-state index is 0.319. The standard InChI is InChI=1S/C18H21BrN2O4S/c1-3-11-25-17-9-7-16(8-10-17)21(26(2,23)24)13-18(22)20-15-6-4-5-14(19)12-15/h4-10,12H,3,11,13H2,1-2H3,(H,20,22). The number of nitrogens with one attached hydrogen (secondary N) is 1. The van der Waals surface area contributed by atoms with Gasteiger partial charge in [-0.1, -0.05) is 28.9 Å². The largest absolute Gasteiger partial charge is 0.494 e. The monoisotopic (exact) mass is 440 g/mol. The SMILES string of the molecule is CCCOc1ccc(N(CC(=O)Nc2cccc(Br)c2)S(C)(=O)=O)cc1. The average Bonchev–Trinajstić information content (AvgIpc) is 2.57. The van der Waals surface area contributed by atoms with Crippen molar-refractivity contribution >= 4 is 43.2 Å². The number of halogens is 1. The van der Waals surface area contributed by atoms with E-state index >= 15 is 0 Å². The maximum Gasteiger partial charge on any atom is 0.245 e. The molecule has 2 aromatic rings. The number of amides is 1. The molecule has 0 atom stereocenters. The first kappa shape index (κ1) is 20.3. The van der Waals surface area contributed by atoms with Crippen LogP contribution in [0.3, 0.4) is 0 Å². The van der Waals surface area contributed by atoms with Crippen LogP contribution in [0, 0.1) is 0 Å². The van der Waals surface area contributed by atoms with Gasteiger partial charge in [0.1, 0.15) is 12.3 Å². The second kappa shape index (κ2) is 9.05. The highest BCUT2D eigenvalue weighted by Crippen LogP contribution is 2.22. The molecule has 6 nitrogen and oxygen atoms in total. The number of carbonyl (C=O) groups excluding carboxylic acids is 1. The van der Waals surface area contributed by atoms with Gasteiger partial charge in [0.15, 0.2) is 0 Å². The molecule has 26 heavy (non-hydrogen) atoms. The van der Waals surface area contributed by atoms with Crippen LogP contribution in [0.25, 0.3) is 0 Å². The van der Waals surface area contributed by atoms with Crippen molar-refractivity contribution in [3.63, 3.8) is 0 Å². The maximum absolute atomic E-state index is 12.3. The van der Waals surface area contributed by atoms with E-state index < -0.39 is 15.9 Å². The fraction of sp³-hybridized carbons (Fsp3) is 0.278. The first-order chi connectivity index (χ1) is 12.3.